The molecule has 1 saturated heterocycles. The van der Waals surface area contributed by atoms with E-state index in [9.17, 15) is 21.6 Å². The Balaban J connectivity index is 1.59. The van der Waals surface area contributed by atoms with Crippen molar-refractivity contribution < 1.29 is 21.6 Å². The summed E-state index contributed by atoms with van der Waals surface area (Å²) in [6.45, 7) is 4.93. The molecular weight excluding hydrogens is 436 g/mol. The van der Waals surface area contributed by atoms with Gasteiger partial charge in [0, 0.05) is 25.2 Å². The van der Waals surface area contributed by atoms with Crippen LogP contribution in [-0.2, 0) is 24.7 Å². The zero-order chi connectivity index (χ0) is 22.6. The number of aryl methyl sites for hydroxylation is 1. The van der Waals surface area contributed by atoms with Gasteiger partial charge in [-0.25, -0.2) is 16.8 Å². The fourth-order valence-electron chi connectivity index (χ4n) is 3.54. The third-order valence-corrected chi connectivity index (χ3v) is 8.98. The summed E-state index contributed by atoms with van der Waals surface area (Å²) >= 11 is 0. The van der Waals surface area contributed by atoms with E-state index in [1.165, 1.54) is 40.7 Å². The number of nitrogens with zero attached hydrogens (tertiary/aromatic N) is 1. The summed E-state index contributed by atoms with van der Waals surface area (Å²) in [6.07, 6.45) is 1.68. The SMILES string of the molecule is Cc1ccc(S(=O)(=O)CCC(=O)Nc2ccc(S(=O)(=O)N3CCCC(C)C3)cc2)cc1. The Labute approximate surface area is 184 Å². The summed E-state index contributed by atoms with van der Waals surface area (Å²) in [5.74, 6) is -0.420. The van der Waals surface area contributed by atoms with Crippen molar-refractivity contribution in [2.45, 2.75) is 42.9 Å². The summed E-state index contributed by atoms with van der Waals surface area (Å²) in [6, 6.07) is 12.5. The van der Waals surface area contributed by atoms with Crippen molar-refractivity contribution in [1.29, 1.82) is 0 Å². The number of piperidine rings is 1. The van der Waals surface area contributed by atoms with E-state index < -0.39 is 25.8 Å². The van der Waals surface area contributed by atoms with Crippen molar-refractivity contribution in [2.24, 2.45) is 5.92 Å². The maximum Gasteiger partial charge on any atom is 0.243 e. The van der Waals surface area contributed by atoms with Gasteiger partial charge in [-0.3, -0.25) is 4.79 Å². The molecular formula is C22H28N2O5S2. The number of carbonyl (C=O) groups excluding carboxylic acids is 1. The van der Waals surface area contributed by atoms with Gasteiger partial charge in [0.2, 0.25) is 15.9 Å². The maximum absolute atomic E-state index is 12.8. The van der Waals surface area contributed by atoms with E-state index in [2.05, 4.69) is 5.32 Å². The Morgan fingerprint density at radius 1 is 1.00 bits per heavy atom. The number of hydrogen-bond acceptors (Lipinski definition) is 5. The van der Waals surface area contributed by atoms with Gasteiger partial charge in [-0.1, -0.05) is 24.6 Å². The van der Waals surface area contributed by atoms with E-state index in [1.807, 2.05) is 13.8 Å². The molecule has 9 heteroatoms. The van der Waals surface area contributed by atoms with Crippen molar-refractivity contribution in [3.8, 4) is 0 Å². The topological polar surface area (TPSA) is 101 Å². The van der Waals surface area contributed by atoms with E-state index in [4.69, 9.17) is 0 Å². The Morgan fingerprint density at radius 3 is 2.23 bits per heavy atom. The molecule has 0 bridgehead atoms. The molecule has 0 aromatic heterocycles. The number of benzene rings is 2. The second-order valence-corrected chi connectivity index (χ2v) is 12.1. The van der Waals surface area contributed by atoms with Crippen molar-refractivity contribution in [3.05, 3.63) is 54.1 Å². The van der Waals surface area contributed by atoms with Crippen LogP contribution in [0.1, 0.15) is 31.7 Å². The van der Waals surface area contributed by atoms with Gasteiger partial charge in [-0.05, 0) is 62.1 Å². The van der Waals surface area contributed by atoms with Gasteiger partial charge in [-0.2, -0.15) is 4.31 Å². The summed E-state index contributed by atoms with van der Waals surface area (Å²) in [7, 11) is -7.12. The Kier molecular flexibility index (Phi) is 7.18. The number of anilines is 1. The average Bonchev–Trinajstić information content (AvgIpc) is 2.73. The van der Waals surface area contributed by atoms with Crippen LogP contribution in [0.5, 0.6) is 0 Å². The average molecular weight is 465 g/mol. The number of nitrogens with one attached hydrogen (secondary N) is 1. The summed E-state index contributed by atoms with van der Waals surface area (Å²) in [5, 5.41) is 2.63. The van der Waals surface area contributed by atoms with Gasteiger partial charge in [0.15, 0.2) is 9.84 Å². The van der Waals surface area contributed by atoms with Crippen molar-refractivity contribution >= 4 is 31.5 Å². The molecule has 1 amide bonds. The number of carbonyl (C=O) groups is 1. The van der Waals surface area contributed by atoms with Crippen LogP contribution < -0.4 is 5.32 Å². The lowest BCUT2D eigenvalue weighted by molar-refractivity contribution is -0.115. The highest BCUT2D eigenvalue weighted by atomic mass is 32.2. The minimum Gasteiger partial charge on any atom is -0.326 e. The Morgan fingerprint density at radius 2 is 1.61 bits per heavy atom. The Hall–Kier alpha value is -2.23. The lowest BCUT2D eigenvalue weighted by Gasteiger charge is -2.30. The maximum atomic E-state index is 12.8. The summed E-state index contributed by atoms with van der Waals surface area (Å²) < 4.78 is 51.9. The van der Waals surface area contributed by atoms with Crippen LogP contribution in [0.2, 0.25) is 0 Å². The van der Waals surface area contributed by atoms with E-state index in [0.717, 1.165) is 18.4 Å². The first kappa shape index (κ1) is 23.4. The molecule has 1 fully saturated rings. The van der Waals surface area contributed by atoms with Gasteiger partial charge < -0.3 is 5.32 Å². The van der Waals surface area contributed by atoms with Crippen LogP contribution in [0.4, 0.5) is 5.69 Å². The molecule has 7 nitrogen and oxygen atoms in total. The Bertz CT molecular complexity index is 1130. The lowest BCUT2D eigenvalue weighted by Crippen LogP contribution is -2.39. The molecule has 0 saturated carbocycles. The van der Waals surface area contributed by atoms with Crippen LogP contribution >= 0.6 is 0 Å². The van der Waals surface area contributed by atoms with E-state index in [1.54, 1.807) is 12.1 Å². The normalized spacial score (nSPS) is 17.9. The van der Waals surface area contributed by atoms with Crippen LogP contribution in [0.25, 0.3) is 0 Å². The molecule has 1 aliphatic heterocycles. The molecule has 1 heterocycles. The number of hydrogen-bond donors (Lipinski definition) is 1. The third kappa shape index (κ3) is 5.93. The van der Waals surface area contributed by atoms with E-state index >= 15 is 0 Å². The zero-order valence-electron chi connectivity index (χ0n) is 17.7. The molecule has 1 aliphatic rings. The number of sulfone groups is 1. The first-order valence-corrected chi connectivity index (χ1v) is 13.4. The third-order valence-electron chi connectivity index (χ3n) is 5.37. The van der Waals surface area contributed by atoms with Gasteiger partial charge in [0.05, 0.1) is 15.5 Å². The predicted molar refractivity (Wildman–Crippen MR) is 120 cm³/mol. The van der Waals surface area contributed by atoms with Gasteiger partial charge in [0.25, 0.3) is 0 Å². The summed E-state index contributed by atoms with van der Waals surface area (Å²) in [4.78, 5) is 12.6. The quantitative estimate of drug-likeness (QED) is 0.678. The fourth-order valence-corrected chi connectivity index (χ4v) is 6.38. The molecule has 31 heavy (non-hydrogen) atoms. The zero-order valence-corrected chi connectivity index (χ0v) is 19.4. The van der Waals surface area contributed by atoms with Crippen LogP contribution in [0.3, 0.4) is 0 Å². The van der Waals surface area contributed by atoms with Crippen molar-refractivity contribution in [3.63, 3.8) is 0 Å². The lowest BCUT2D eigenvalue weighted by atomic mass is 10.0. The van der Waals surface area contributed by atoms with E-state index in [0.29, 0.717) is 24.7 Å². The second-order valence-electron chi connectivity index (χ2n) is 8.06. The van der Waals surface area contributed by atoms with E-state index in [-0.39, 0.29) is 22.0 Å². The first-order chi connectivity index (χ1) is 14.6. The molecule has 1 N–H and O–H groups in total. The highest BCUT2D eigenvalue weighted by Crippen LogP contribution is 2.24. The van der Waals surface area contributed by atoms with Gasteiger partial charge >= 0.3 is 0 Å². The highest BCUT2D eigenvalue weighted by molar-refractivity contribution is 7.91. The number of sulfonamides is 1. The standard InChI is InChI=1S/C22H28N2O5S2/c1-17-5-9-20(10-6-17)30(26,27)15-13-22(25)23-19-7-11-21(12-8-19)31(28,29)24-14-3-4-18(2)16-24/h5-12,18H,3-4,13-16H2,1-2H3,(H,23,25). The minimum absolute atomic E-state index is 0.182. The molecule has 2 aromatic carbocycles. The smallest absolute Gasteiger partial charge is 0.243 e. The molecule has 0 radical (unpaired) electrons. The first-order valence-electron chi connectivity index (χ1n) is 10.3. The predicted octanol–water partition coefficient (Wildman–Crippen LogP) is 3.22. The molecule has 2 aromatic rings. The molecule has 168 valence electrons. The number of amides is 1. The molecule has 3 rings (SSSR count). The highest BCUT2D eigenvalue weighted by Gasteiger charge is 2.28. The molecule has 0 aliphatic carbocycles. The second kappa shape index (κ2) is 9.50. The minimum atomic E-state index is -3.56. The van der Waals surface area contributed by atoms with Crippen LogP contribution in [-0.4, -0.2) is 45.9 Å². The molecule has 1 atom stereocenters. The molecule has 0 spiro atoms. The van der Waals surface area contributed by atoms with Crippen molar-refractivity contribution in [1.82, 2.24) is 4.31 Å². The monoisotopic (exact) mass is 464 g/mol. The largest absolute Gasteiger partial charge is 0.326 e. The van der Waals surface area contributed by atoms with Crippen LogP contribution in [0, 0.1) is 12.8 Å². The molecule has 1 unspecified atom stereocenters. The van der Waals surface area contributed by atoms with Crippen molar-refractivity contribution in [2.75, 3.05) is 24.2 Å². The fraction of sp³-hybridized carbons (Fsp3) is 0.409. The number of rotatable bonds is 7. The van der Waals surface area contributed by atoms with Gasteiger partial charge in [0.1, 0.15) is 0 Å². The summed E-state index contributed by atoms with van der Waals surface area (Å²) in [5.41, 5.74) is 1.38. The van der Waals surface area contributed by atoms with Crippen LogP contribution in [0.15, 0.2) is 58.3 Å². The van der Waals surface area contributed by atoms with Gasteiger partial charge in [-0.15, -0.1) is 0 Å².